The third-order valence-corrected chi connectivity index (χ3v) is 5.94. The van der Waals surface area contributed by atoms with Gasteiger partial charge in [-0.1, -0.05) is 30.3 Å². The van der Waals surface area contributed by atoms with E-state index in [2.05, 4.69) is 5.32 Å². The zero-order valence-electron chi connectivity index (χ0n) is 17.7. The third-order valence-electron chi connectivity index (χ3n) is 5.94. The summed E-state index contributed by atoms with van der Waals surface area (Å²) >= 11 is 0. The van der Waals surface area contributed by atoms with Gasteiger partial charge in [-0.15, -0.1) is 0 Å². The molecule has 2 heterocycles. The Labute approximate surface area is 181 Å². The molecule has 168 valence electrons. The number of methoxy groups -OCH3 is 1. The van der Waals surface area contributed by atoms with Gasteiger partial charge in [-0.3, -0.25) is 19.3 Å². The first-order valence-electron chi connectivity index (χ1n) is 10.6. The van der Waals surface area contributed by atoms with Crippen LogP contribution in [0.4, 0.5) is 0 Å². The molecule has 0 unspecified atom stereocenters. The fraction of sp³-hybridized carbons (Fsp3) is 0.545. The van der Waals surface area contributed by atoms with Gasteiger partial charge in [0.1, 0.15) is 12.1 Å². The lowest BCUT2D eigenvalue weighted by Crippen LogP contribution is -2.55. The van der Waals surface area contributed by atoms with Crippen molar-refractivity contribution in [3.63, 3.8) is 0 Å². The lowest BCUT2D eigenvalue weighted by atomic mass is 10.0. The van der Waals surface area contributed by atoms with Crippen LogP contribution in [-0.2, 0) is 30.3 Å². The zero-order chi connectivity index (χ0) is 22.4. The first-order valence-corrected chi connectivity index (χ1v) is 10.6. The van der Waals surface area contributed by atoms with Gasteiger partial charge in [0.2, 0.25) is 11.8 Å². The fourth-order valence-corrected chi connectivity index (χ4v) is 4.35. The first kappa shape index (κ1) is 22.7. The van der Waals surface area contributed by atoms with E-state index >= 15 is 0 Å². The largest absolute Gasteiger partial charge is 0.480 e. The van der Waals surface area contributed by atoms with E-state index in [0.717, 1.165) is 12.0 Å². The minimum Gasteiger partial charge on any atom is -0.480 e. The van der Waals surface area contributed by atoms with E-state index in [-0.39, 0.29) is 24.8 Å². The number of carboxylic acid groups (broad SMARTS) is 1. The molecule has 3 rings (SSSR count). The summed E-state index contributed by atoms with van der Waals surface area (Å²) in [6, 6.07) is 7.02. The number of carbonyl (C=O) groups excluding carboxylic acids is 3. The lowest BCUT2D eigenvalue weighted by Gasteiger charge is -2.29. The summed E-state index contributed by atoms with van der Waals surface area (Å²) in [4.78, 5) is 52.7. The summed E-state index contributed by atoms with van der Waals surface area (Å²) in [5.74, 6) is -2.17. The average molecular weight is 431 g/mol. The first-order chi connectivity index (χ1) is 14.9. The Bertz CT molecular complexity index is 815. The molecule has 9 nitrogen and oxygen atoms in total. The van der Waals surface area contributed by atoms with E-state index in [1.165, 1.54) is 12.0 Å². The van der Waals surface area contributed by atoms with Gasteiger partial charge in [0.05, 0.1) is 19.7 Å². The number of hydrogen-bond acceptors (Lipinski definition) is 6. The van der Waals surface area contributed by atoms with Crippen molar-refractivity contribution in [1.82, 2.24) is 15.1 Å². The number of nitrogens with zero attached hydrogens (tertiary/aromatic N) is 2. The van der Waals surface area contributed by atoms with Crippen LogP contribution >= 0.6 is 0 Å². The predicted octanol–water partition coefficient (Wildman–Crippen LogP) is 0.427. The molecule has 2 N–H and O–H groups in total. The smallest absolute Gasteiger partial charge is 0.326 e. The number of carboxylic acids is 1. The number of carbonyl (C=O) groups is 4. The Morgan fingerprint density at radius 1 is 1.10 bits per heavy atom. The Hall–Kier alpha value is -2.94. The molecule has 3 atom stereocenters. The maximum atomic E-state index is 13.3. The molecule has 0 aromatic heterocycles. The molecule has 1 aromatic carbocycles. The zero-order valence-corrected chi connectivity index (χ0v) is 17.7. The molecule has 2 fully saturated rings. The molecular formula is C22H29N3O6. The number of aliphatic carboxylic acids is 1. The number of esters is 1. The van der Waals surface area contributed by atoms with Crippen LogP contribution in [0, 0.1) is 0 Å². The molecule has 2 aliphatic rings. The van der Waals surface area contributed by atoms with Crippen LogP contribution in [-0.4, -0.2) is 83.5 Å². The highest BCUT2D eigenvalue weighted by Crippen LogP contribution is 2.21. The number of hydrogen-bond donors (Lipinski definition) is 2. The van der Waals surface area contributed by atoms with Crippen molar-refractivity contribution in [1.29, 1.82) is 0 Å². The summed E-state index contributed by atoms with van der Waals surface area (Å²) in [6.07, 6.45) is 2.63. The van der Waals surface area contributed by atoms with Crippen molar-refractivity contribution in [2.24, 2.45) is 0 Å². The van der Waals surface area contributed by atoms with E-state index in [4.69, 9.17) is 4.74 Å². The fourth-order valence-electron chi connectivity index (χ4n) is 4.35. The molecule has 0 saturated carbocycles. The van der Waals surface area contributed by atoms with Gasteiger partial charge in [-0.05, 0) is 37.8 Å². The molecule has 2 aliphatic heterocycles. The van der Waals surface area contributed by atoms with Crippen molar-refractivity contribution in [3.05, 3.63) is 35.9 Å². The molecule has 9 heteroatoms. The molecule has 2 amide bonds. The van der Waals surface area contributed by atoms with Gasteiger partial charge in [0.25, 0.3) is 0 Å². The summed E-state index contributed by atoms with van der Waals surface area (Å²) in [5, 5.41) is 12.3. The molecule has 0 radical (unpaired) electrons. The summed E-state index contributed by atoms with van der Waals surface area (Å²) < 4.78 is 4.71. The molecule has 0 bridgehead atoms. The van der Waals surface area contributed by atoms with Crippen LogP contribution < -0.4 is 5.32 Å². The molecule has 31 heavy (non-hydrogen) atoms. The monoisotopic (exact) mass is 431 g/mol. The van der Waals surface area contributed by atoms with E-state index in [0.29, 0.717) is 32.4 Å². The Balaban J connectivity index is 1.76. The number of amides is 2. The van der Waals surface area contributed by atoms with Crippen LogP contribution in [0.5, 0.6) is 0 Å². The quantitative estimate of drug-likeness (QED) is 0.573. The number of benzene rings is 1. The highest BCUT2D eigenvalue weighted by Gasteiger charge is 2.39. The number of rotatable bonds is 8. The van der Waals surface area contributed by atoms with Crippen molar-refractivity contribution >= 4 is 23.8 Å². The molecule has 0 aliphatic carbocycles. The SMILES string of the molecule is COC(=O)CN1CCC[C@H]1C(=O)N[C@@H](Cc1ccccc1)C(=O)N1CCC[C@H]1C(=O)O. The van der Waals surface area contributed by atoms with Gasteiger partial charge >= 0.3 is 11.9 Å². The van der Waals surface area contributed by atoms with E-state index in [9.17, 15) is 24.3 Å². The maximum Gasteiger partial charge on any atom is 0.326 e. The lowest BCUT2D eigenvalue weighted by molar-refractivity contribution is -0.149. The summed E-state index contributed by atoms with van der Waals surface area (Å²) in [7, 11) is 1.30. The van der Waals surface area contributed by atoms with E-state index < -0.39 is 30.1 Å². The van der Waals surface area contributed by atoms with Crippen molar-refractivity contribution in [2.75, 3.05) is 26.7 Å². The van der Waals surface area contributed by atoms with E-state index in [1.54, 1.807) is 4.90 Å². The topological polar surface area (TPSA) is 116 Å². The highest BCUT2D eigenvalue weighted by atomic mass is 16.5. The Kier molecular flexibility index (Phi) is 7.62. The normalized spacial score (nSPS) is 22.2. The minimum atomic E-state index is -1.03. The maximum absolute atomic E-state index is 13.3. The van der Waals surface area contributed by atoms with Gasteiger partial charge < -0.3 is 20.1 Å². The molecule has 2 saturated heterocycles. The second-order valence-corrected chi connectivity index (χ2v) is 7.98. The number of nitrogens with one attached hydrogen (secondary N) is 1. The number of likely N-dealkylation sites (tertiary alicyclic amines) is 2. The van der Waals surface area contributed by atoms with E-state index in [1.807, 2.05) is 30.3 Å². The van der Waals surface area contributed by atoms with Crippen LogP contribution in [0.25, 0.3) is 0 Å². The molecule has 1 aromatic rings. The minimum absolute atomic E-state index is 0.0130. The van der Waals surface area contributed by atoms with Crippen molar-refractivity contribution in [2.45, 2.75) is 50.2 Å². The molecule has 0 spiro atoms. The van der Waals surface area contributed by atoms with Crippen molar-refractivity contribution < 1.29 is 29.0 Å². The van der Waals surface area contributed by atoms with Gasteiger partial charge in [0, 0.05) is 13.0 Å². The number of ether oxygens (including phenoxy) is 1. The van der Waals surface area contributed by atoms with Gasteiger partial charge in [-0.25, -0.2) is 4.79 Å². The average Bonchev–Trinajstić information content (AvgIpc) is 3.43. The second-order valence-electron chi connectivity index (χ2n) is 7.98. The highest BCUT2D eigenvalue weighted by molar-refractivity contribution is 5.92. The van der Waals surface area contributed by atoms with Crippen LogP contribution in [0.2, 0.25) is 0 Å². The van der Waals surface area contributed by atoms with Crippen LogP contribution in [0.1, 0.15) is 31.2 Å². The molecular weight excluding hydrogens is 402 g/mol. The standard InChI is InChI=1S/C22H29N3O6/c1-31-19(26)14-24-11-5-9-17(24)20(27)23-16(13-15-7-3-2-4-8-15)21(28)25-12-6-10-18(25)22(29)30/h2-4,7-8,16-18H,5-6,9-14H2,1H3,(H,23,27)(H,29,30)/t16-,17-,18-/m0/s1. The third kappa shape index (κ3) is 5.61. The van der Waals surface area contributed by atoms with Crippen LogP contribution in [0.3, 0.4) is 0 Å². The van der Waals surface area contributed by atoms with Gasteiger partial charge in [-0.2, -0.15) is 0 Å². The summed E-state index contributed by atoms with van der Waals surface area (Å²) in [6.45, 7) is 0.964. The van der Waals surface area contributed by atoms with Crippen LogP contribution in [0.15, 0.2) is 30.3 Å². The second kappa shape index (κ2) is 10.4. The summed E-state index contributed by atoms with van der Waals surface area (Å²) in [5.41, 5.74) is 0.866. The van der Waals surface area contributed by atoms with Gasteiger partial charge in [0.15, 0.2) is 0 Å². The van der Waals surface area contributed by atoms with Crippen molar-refractivity contribution in [3.8, 4) is 0 Å². The Morgan fingerprint density at radius 3 is 2.45 bits per heavy atom. The Morgan fingerprint density at radius 2 is 1.77 bits per heavy atom. The predicted molar refractivity (Wildman–Crippen MR) is 111 cm³/mol.